The molecule has 0 saturated heterocycles. The zero-order valence-electron chi connectivity index (χ0n) is 15.2. The maximum absolute atomic E-state index is 12.1. The van der Waals surface area contributed by atoms with E-state index < -0.39 is 0 Å². The number of benzene rings is 3. The van der Waals surface area contributed by atoms with Crippen molar-refractivity contribution in [1.82, 2.24) is 0 Å². The number of fused-ring (bicyclic) bond motifs is 1. The molecule has 0 unspecified atom stereocenters. The molecule has 0 aliphatic rings. The molecule has 5 nitrogen and oxygen atoms in total. The lowest BCUT2D eigenvalue weighted by Crippen LogP contribution is -2.11. The fourth-order valence-electron chi connectivity index (χ4n) is 3.02. The summed E-state index contributed by atoms with van der Waals surface area (Å²) in [5.74, 6) is 0.138. The number of anilines is 1. The van der Waals surface area contributed by atoms with Crippen LogP contribution in [0.5, 0.6) is 5.75 Å². The van der Waals surface area contributed by atoms with Crippen molar-refractivity contribution in [1.29, 1.82) is 0 Å². The molecule has 4 aromatic rings. The van der Waals surface area contributed by atoms with Gasteiger partial charge >= 0.3 is 0 Å². The molecule has 0 aliphatic carbocycles. The molecule has 0 saturated carbocycles. The molecule has 1 amide bonds. The van der Waals surface area contributed by atoms with E-state index in [1.165, 1.54) is 6.26 Å². The summed E-state index contributed by atoms with van der Waals surface area (Å²) in [6, 6.07) is 20.1. The van der Waals surface area contributed by atoms with Crippen molar-refractivity contribution in [2.24, 2.45) is 4.99 Å². The third-order valence-corrected chi connectivity index (χ3v) is 4.49. The molecule has 3 aromatic carbocycles. The second-order valence-corrected chi connectivity index (χ2v) is 6.41. The molecule has 4 rings (SSSR count). The minimum Gasteiger partial charge on any atom is -0.507 e. The van der Waals surface area contributed by atoms with Gasteiger partial charge in [-0.2, -0.15) is 0 Å². The monoisotopic (exact) mass is 370 g/mol. The van der Waals surface area contributed by atoms with E-state index in [1.54, 1.807) is 30.5 Å². The SMILES string of the molecule is Cc1cc(N=Cc2c(O)ccc3ccccc23)ccc1NC(=O)c1ccco1. The Balaban J connectivity index is 1.59. The van der Waals surface area contributed by atoms with Crippen LogP contribution in [0.2, 0.25) is 0 Å². The summed E-state index contributed by atoms with van der Waals surface area (Å²) in [4.78, 5) is 16.6. The molecule has 138 valence electrons. The van der Waals surface area contributed by atoms with Crippen molar-refractivity contribution in [2.75, 3.05) is 5.32 Å². The van der Waals surface area contributed by atoms with Crippen LogP contribution in [0, 0.1) is 6.92 Å². The number of aliphatic imine (C=N–C) groups is 1. The minimum atomic E-state index is -0.301. The third-order valence-electron chi connectivity index (χ3n) is 4.49. The van der Waals surface area contributed by atoms with E-state index in [1.807, 2.05) is 49.4 Å². The number of furan rings is 1. The maximum atomic E-state index is 12.1. The molecule has 5 heteroatoms. The largest absolute Gasteiger partial charge is 0.507 e. The summed E-state index contributed by atoms with van der Waals surface area (Å²) in [6.07, 6.45) is 3.12. The number of hydrogen-bond acceptors (Lipinski definition) is 4. The predicted octanol–water partition coefficient (Wildman–Crippen LogP) is 5.45. The lowest BCUT2D eigenvalue weighted by Gasteiger charge is -2.08. The van der Waals surface area contributed by atoms with Crippen molar-refractivity contribution < 1.29 is 14.3 Å². The number of carbonyl (C=O) groups excluding carboxylic acids is 1. The molecule has 0 bridgehead atoms. The second-order valence-electron chi connectivity index (χ2n) is 6.41. The highest BCUT2D eigenvalue weighted by molar-refractivity contribution is 6.04. The molecule has 0 aliphatic heterocycles. The summed E-state index contributed by atoms with van der Waals surface area (Å²) in [5, 5.41) is 15.0. The van der Waals surface area contributed by atoms with Crippen LogP contribution in [0.1, 0.15) is 21.7 Å². The van der Waals surface area contributed by atoms with Gasteiger partial charge in [0, 0.05) is 17.5 Å². The molecule has 0 atom stereocenters. The summed E-state index contributed by atoms with van der Waals surface area (Å²) < 4.78 is 5.11. The number of carbonyl (C=O) groups is 1. The van der Waals surface area contributed by atoms with E-state index in [0.717, 1.165) is 22.0 Å². The smallest absolute Gasteiger partial charge is 0.291 e. The van der Waals surface area contributed by atoms with Gasteiger partial charge in [0.05, 0.1) is 12.0 Å². The molecule has 28 heavy (non-hydrogen) atoms. The van der Waals surface area contributed by atoms with Crippen LogP contribution in [-0.2, 0) is 0 Å². The van der Waals surface area contributed by atoms with Gasteiger partial charge in [-0.3, -0.25) is 9.79 Å². The standard InChI is InChI=1S/C23H18N2O3/c1-15-13-17(9-10-20(15)25-23(27)22-7-4-12-28-22)24-14-19-18-6-3-2-5-16(18)8-11-21(19)26/h2-14,26H,1H3,(H,25,27). The van der Waals surface area contributed by atoms with Gasteiger partial charge in [0.15, 0.2) is 5.76 Å². The fraction of sp³-hybridized carbons (Fsp3) is 0.0435. The Labute approximate surface area is 162 Å². The minimum absolute atomic E-state index is 0.182. The van der Waals surface area contributed by atoms with Crippen LogP contribution in [0.25, 0.3) is 10.8 Å². The molecular weight excluding hydrogens is 352 g/mol. The first-order chi connectivity index (χ1) is 13.6. The average Bonchev–Trinajstić information content (AvgIpc) is 3.24. The van der Waals surface area contributed by atoms with E-state index in [-0.39, 0.29) is 17.4 Å². The first-order valence-electron chi connectivity index (χ1n) is 8.82. The predicted molar refractivity (Wildman–Crippen MR) is 111 cm³/mol. The van der Waals surface area contributed by atoms with Crippen molar-refractivity contribution in [2.45, 2.75) is 6.92 Å². The number of nitrogens with zero attached hydrogens (tertiary/aromatic N) is 1. The van der Waals surface area contributed by atoms with Crippen LogP contribution in [0.4, 0.5) is 11.4 Å². The van der Waals surface area contributed by atoms with Crippen molar-refractivity contribution in [3.8, 4) is 5.75 Å². The third kappa shape index (κ3) is 3.50. The average molecular weight is 370 g/mol. The Hall–Kier alpha value is -3.86. The van der Waals surface area contributed by atoms with Crippen LogP contribution >= 0.6 is 0 Å². The van der Waals surface area contributed by atoms with Crippen LogP contribution < -0.4 is 5.32 Å². The first-order valence-corrected chi connectivity index (χ1v) is 8.82. The van der Waals surface area contributed by atoms with Gasteiger partial charge in [-0.25, -0.2) is 0 Å². The zero-order valence-corrected chi connectivity index (χ0v) is 15.2. The molecule has 2 N–H and O–H groups in total. The van der Waals surface area contributed by atoms with Crippen LogP contribution in [0.3, 0.4) is 0 Å². The highest BCUT2D eigenvalue weighted by Crippen LogP contribution is 2.27. The van der Waals surface area contributed by atoms with Gasteiger partial charge in [0.1, 0.15) is 5.75 Å². The molecule has 1 heterocycles. The van der Waals surface area contributed by atoms with Gasteiger partial charge in [-0.1, -0.05) is 30.3 Å². The molecule has 0 radical (unpaired) electrons. The topological polar surface area (TPSA) is 74.8 Å². The number of aromatic hydroxyl groups is 1. The quantitative estimate of drug-likeness (QED) is 0.469. The lowest BCUT2D eigenvalue weighted by atomic mass is 10.0. The van der Waals surface area contributed by atoms with Gasteiger partial charge in [-0.05, 0) is 59.7 Å². The summed E-state index contributed by atoms with van der Waals surface area (Å²) in [6.45, 7) is 1.89. The zero-order chi connectivity index (χ0) is 19.5. The van der Waals surface area contributed by atoms with E-state index in [9.17, 15) is 9.90 Å². The highest BCUT2D eigenvalue weighted by Gasteiger charge is 2.10. The highest BCUT2D eigenvalue weighted by atomic mass is 16.3. The maximum Gasteiger partial charge on any atom is 0.291 e. The second kappa shape index (κ2) is 7.40. The summed E-state index contributed by atoms with van der Waals surface area (Å²) in [7, 11) is 0. The number of phenols is 1. The molecule has 0 spiro atoms. The Morgan fingerprint density at radius 3 is 2.71 bits per heavy atom. The fourth-order valence-corrected chi connectivity index (χ4v) is 3.02. The Morgan fingerprint density at radius 1 is 1.07 bits per heavy atom. The number of amides is 1. The summed E-state index contributed by atoms with van der Waals surface area (Å²) >= 11 is 0. The number of nitrogens with one attached hydrogen (secondary N) is 1. The number of phenolic OH excluding ortho intramolecular Hbond substituents is 1. The molecule has 1 aromatic heterocycles. The van der Waals surface area contributed by atoms with Crippen molar-refractivity contribution in [3.05, 3.63) is 89.9 Å². The van der Waals surface area contributed by atoms with Gasteiger partial charge in [0.2, 0.25) is 0 Å². The van der Waals surface area contributed by atoms with Gasteiger partial charge in [0.25, 0.3) is 5.91 Å². The van der Waals surface area contributed by atoms with Gasteiger partial charge < -0.3 is 14.8 Å². The Bertz CT molecular complexity index is 1180. The number of hydrogen-bond donors (Lipinski definition) is 2. The van der Waals surface area contributed by atoms with E-state index in [4.69, 9.17) is 4.42 Å². The Kier molecular flexibility index (Phi) is 4.64. The summed E-state index contributed by atoms with van der Waals surface area (Å²) in [5.41, 5.74) is 2.96. The first kappa shape index (κ1) is 17.5. The van der Waals surface area contributed by atoms with E-state index in [2.05, 4.69) is 10.3 Å². The van der Waals surface area contributed by atoms with Crippen molar-refractivity contribution >= 4 is 34.3 Å². The Morgan fingerprint density at radius 2 is 1.93 bits per heavy atom. The van der Waals surface area contributed by atoms with Gasteiger partial charge in [-0.15, -0.1) is 0 Å². The van der Waals surface area contributed by atoms with Crippen LogP contribution in [0.15, 0.2) is 82.4 Å². The lowest BCUT2D eigenvalue weighted by molar-refractivity contribution is 0.0996. The number of rotatable bonds is 4. The van der Waals surface area contributed by atoms with E-state index >= 15 is 0 Å². The van der Waals surface area contributed by atoms with Crippen LogP contribution in [-0.4, -0.2) is 17.2 Å². The van der Waals surface area contributed by atoms with E-state index in [0.29, 0.717) is 11.3 Å². The molecular formula is C23H18N2O3. The number of aryl methyl sites for hydroxylation is 1. The normalized spacial score (nSPS) is 11.2. The van der Waals surface area contributed by atoms with Crippen molar-refractivity contribution in [3.63, 3.8) is 0 Å². The molecule has 0 fully saturated rings.